The maximum Gasteiger partial charge on any atom is 0.278 e. The third-order valence-corrected chi connectivity index (χ3v) is 10.2. The second-order valence-corrected chi connectivity index (χ2v) is 14.0. The molecule has 42 heavy (non-hydrogen) atoms. The molecule has 1 heterocycles. The second kappa shape index (κ2) is 11.8. The number of aliphatic imine (C=N–C) groups is 2. The van der Waals surface area contributed by atoms with Crippen LogP contribution in [0.15, 0.2) is 80.4 Å². The molecule has 11 nitrogen and oxygen atoms in total. The molecule has 0 saturated carbocycles. The molecule has 3 aromatic rings. The molecule has 0 aliphatic carbocycles. The summed E-state index contributed by atoms with van der Waals surface area (Å²) in [5.74, 6) is -1.03. The third-order valence-electron chi connectivity index (χ3n) is 6.43. The topological polar surface area (TPSA) is 141 Å². The normalized spacial score (nSPS) is 14.8. The summed E-state index contributed by atoms with van der Waals surface area (Å²) in [5.41, 5.74) is 1.88. The molecule has 14 heteroatoms. The van der Waals surface area contributed by atoms with Gasteiger partial charge in [-0.1, -0.05) is 23.7 Å². The van der Waals surface area contributed by atoms with Gasteiger partial charge in [0, 0.05) is 25.8 Å². The Morgan fingerprint density at radius 2 is 1.76 bits per heavy atom. The van der Waals surface area contributed by atoms with Gasteiger partial charge in [0.1, 0.15) is 4.90 Å². The Kier molecular flexibility index (Phi) is 8.78. The molecule has 0 radical (unpaired) electrons. The number of nitrogens with zero attached hydrogens (tertiary/aromatic N) is 4. The van der Waals surface area contributed by atoms with Gasteiger partial charge < -0.3 is 10.2 Å². The standard InChI is InChI=1S/C28H31ClN6O5S2/c1-17(2)35-27(32-23-9-7-8-10-25(23)42(35,39)40)26(31-22-14-11-19(34(5)6)15-18(22)3)28(36)33-24-16-20(12-13-21(24)29)41(37,38)30-4/h7-17,30H,1-6H3,(H,33,36). The molecular formula is C28H31ClN6O5S2. The van der Waals surface area contributed by atoms with Crippen molar-refractivity contribution in [1.82, 2.24) is 9.03 Å². The van der Waals surface area contributed by atoms with Gasteiger partial charge in [-0.3, -0.25) is 4.79 Å². The fraction of sp³-hybridized carbons (Fsp3) is 0.250. The number of amides is 1. The maximum atomic E-state index is 14.0. The predicted molar refractivity (Wildman–Crippen MR) is 167 cm³/mol. The number of halogens is 1. The summed E-state index contributed by atoms with van der Waals surface area (Å²) in [6, 6.07) is 14.9. The quantitative estimate of drug-likeness (QED) is 0.352. The largest absolute Gasteiger partial charge is 0.378 e. The van der Waals surface area contributed by atoms with E-state index in [1.165, 1.54) is 31.3 Å². The molecule has 0 spiro atoms. The average Bonchev–Trinajstić information content (AvgIpc) is 2.92. The molecular weight excluding hydrogens is 600 g/mol. The molecule has 1 aliphatic heterocycles. The summed E-state index contributed by atoms with van der Waals surface area (Å²) >= 11 is 6.34. The van der Waals surface area contributed by atoms with Crippen molar-refractivity contribution in [3.63, 3.8) is 0 Å². The van der Waals surface area contributed by atoms with Crippen LogP contribution in [0.3, 0.4) is 0 Å². The molecule has 1 amide bonds. The minimum Gasteiger partial charge on any atom is -0.378 e. The van der Waals surface area contributed by atoms with E-state index in [2.05, 4.69) is 20.0 Å². The van der Waals surface area contributed by atoms with Crippen LogP contribution in [-0.4, -0.2) is 65.8 Å². The molecule has 222 valence electrons. The zero-order chi connectivity index (χ0) is 31.0. The number of fused-ring (bicyclic) bond motifs is 1. The summed E-state index contributed by atoms with van der Waals surface area (Å²) in [6.45, 7) is 5.15. The number of hydrogen-bond donors (Lipinski definition) is 2. The first kappa shape index (κ1) is 31.2. The lowest BCUT2D eigenvalue weighted by atomic mass is 10.1. The monoisotopic (exact) mass is 630 g/mol. The van der Waals surface area contributed by atoms with Crippen LogP contribution in [-0.2, 0) is 24.8 Å². The van der Waals surface area contributed by atoms with Crippen molar-refractivity contribution in [3.05, 3.63) is 71.2 Å². The van der Waals surface area contributed by atoms with E-state index in [-0.39, 0.29) is 37.7 Å². The summed E-state index contributed by atoms with van der Waals surface area (Å²) in [6.07, 6.45) is 0. The number of sulfonamides is 2. The van der Waals surface area contributed by atoms with Gasteiger partial charge in [-0.25, -0.2) is 35.8 Å². The first-order chi connectivity index (χ1) is 19.7. The smallest absolute Gasteiger partial charge is 0.278 e. The van der Waals surface area contributed by atoms with Gasteiger partial charge in [0.15, 0.2) is 11.5 Å². The van der Waals surface area contributed by atoms with Crippen molar-refractivity contribution in [2.24, 2.45) is 9.98 Å². The lowest BCUT2D eigenvalue weighted by Gasteiger charge is -2.33. The number of rotatable bonds is 8. The molecule has 0 unspecified atom stereocenters. The first-order valence-electron chi connectivity index (χ1n) is 12.8. The highest BCUT2D eigenvalue weighted by atomic mass is 35.5. The molecule has 1 aliphatic rings. The number of amidine groups is 1. The number of para-hydroxylation sites is 1. The molecule has 3 aromatic carbocycles. The molecule has 0 bridgehead atoms. The van der Waals surface area contributed by atoms with Gasteiger partial charge >= 0.3 is 0 Å². The van der Waals surface area contributed by atoms with Crippen molar-refractivity contribution in [2.45, 2.75) is 36.6 Å². The van der Waals surface area contributed by atoms with E-state index in [0.717, 1.165) is 15.6 Å². The zero-order valence-corrected chi connectivity index (χ0v) is 26.3. The highest BCUT2D eigenvalue weighted by molar-refractivity contribution is 7.90. The molecule has 4 rings (SSSR count). The van der Waals surface area contributed by atoms with Crippen LogP contribution in [0.5, 0.6) is 0 Å². The SMILES string of the molecule is CNS(=O)(=O)c1ccc(Cl)c(NC(=O)C(=Nc2ccc(N(C)C)cc2C)C2=Nc3ccccc3S(=O)(=O)N2C(C)C)c1. The lowest BCUT2D eigenvalue weighted by molar-refractivity contribution is -0.110. The Morgan fingerprint density at radius 1 is 1.07 bits per heavy atom. The highest BCUT2D eigenvalue weighted by Crippen LogP contribution is 2.35. The Bertz CT molecular complexity index is 1840. The van der Waals surface area contributed by atoms with Gasteiger partial charge in [-0.15, -0.1) is 0 Å². The Hall–Kier alpha value is -3.78. The summed E-state index contributed by atoms with van der Waals surface area (Å²) in [5, 5.41) is 2.68. The van der Waals surface area contributed by atoms with Crippen LogP contribution in [0.25, 0.3) is 0 Å². The number of carbonyl (C=O) groups excluding carboxylic acids is 1. The van der Waals surface area contributed by atoms with Gasteiger partial charge in [0.25, 0.3) is 15.9 Å². The van der Waals surface area contributed by atoms with Crippen molar-refractivity contribution < 1.29 is 21.6 Å². The minimum absolute atomic E-state index is 0.00161. The molecule has 0 aromatic heterocycles. The molecule has 0 atom stereocenters. The predicted octanol–water partition coefficient (Wildman–Crippen LogP) is 4.48. The minimum atomic E-state index is -4.12. The van der Waals surface area contributed by atoms with Gasteiger partial charge in [0.05, 0.1) is 27.0 Å². The van der Waals surface area contributed by atoms with Crippen LogP contribution in [0.2, 0.25) is 5.02 Å². The number of hydrogen-bond acceptors (Lipinski definition) is 8. The zero-order valence-electron chi connectivity index (χ0n) is 23.9. The average molecular weight is 631 g/mol. The maximum absolute atomic E-state index is 14.0. The lowest BCUT2D eigenvalue weighted by Crippen LogP contribution is -2.49. The van der Waals surface area contributed by atoms with E-state index >= 15 is 0 Å². The number of carbonyl (C=O) groups is 1. The second-order valence-electron chi connectivity index (χ2n) is 9.93. The van der Waals surface area contributed by atoms with E-state index in [1.807, 2.05) is 38.1 Å². The van der Waals surface area contributed by atoms with Crippen LogP contribution in [0, 0.1) is 6.92 Å². The van der Waals surface area contributed by atoms with E-state index in [0.29, 0.717) is 5.69 Å². The number of anilines is 2. The summed E-state index contributed by atoms with van der Waals surface area (Å²) in [7, 11) is -2.93. The third kappa shape index (κ3) is 6.04. The van der Waals surface area contributed by atoms with Crippen molar-refractivity contribution in [1.29, 1.82) is 0 Å². The van der Waals surface area contributed by atoms with Gasteiger partial charge in [-0.05, 0) is 81.9 Å². The fourth-order valence-electron chi connectivity index (χ4n) is 4.26. The summed E-state index contributed by atoms with van der Waals surface area (Å²) in [4.78, 5) is 25.0. The van der Waals surface area contributed by atoms with E-state index in [1.54, 1.807) is 38.1 Å². The number of aryl methyl sites for hydroxylation is 1. The van der Waals surface area contributed by atoms with Gasteiger partial charge in [-0.2, -0.15) is 0 Å². The fourth-order valence-corrected chi connectivity index (χ4v) is 6.93. The molecule has 0 saturated heterocycles. The number of nitrogens with one attached hydrogen (secondary N) is 2. The van der Waals surface area contributed by atoms with Crippen LogP contribution in [0.4, 0.5) is 22.7 Å². The van der Waals surface area contributed by atoms with Crippen LogP contribution < -0.4 is 14.9 Å². The van der Waals surface area contributed by atoms with E-state index in [9.17, 15) is 21.6 Å². The number of benzene rings is 3. The van der Waals surface area contributed by atoms with Crippen molar-refractivity contribution in [2.75, 3.05) is 31.4 Å². The Morgan fingerprint density at radius 3 is 2.38 bits per heavy atom. The van der Waals surface area contributed by atoms with Gasteiger partial charge in [0.2, 0.25) is 10.0 Å². The molecule has 0 fully saturated rings. The first-order valence-corrected chi connectivity index (χ1v) is 16.1. The molecule has 2 N–H and O–H groups in total. The van der Waals surface area contributed by atoms with E-state index < -0.39 is 32.0 Å². The Balaban J connectivity index is 1.94. The highest BCUT2D eigenvalue weighted by Gasteiger charge is 2.40. The van der Waals surface area contributed by atoms with Crippen LogP contribution >= 0.6 is 11.6 Å². The van der Waals surface area contributed by atoms with E-state index in [4.69, 9.17) is 11.6 Å². The van der Waals surface area contributed by atoms with Crippen molar-refractivity contribution >= 4 is 71.9 Å². The summed E-state index contributed by atoms with van der Waals surface area (Å²) < 4.78 is 55.6. The van der Waals surface area contributed by atoms with Crippen molar-refractivity contribution in [3.8, 4) is 0 Å². The van der Waals surface area contributed by atoms with Crippen LogP contribution in [0.1, 0.15) is 19.4 Å². The Labute approximate surface area is 251 Å².